The molecule has 2 N–H and O–H groups in total. The molecule has 0 radical (unpaired) electrons. The zero-order chi connectivity index (χ0) is 12.4. The van der Waals surface area contributed by atoms with Crippen molar-refractivity contribution in [3.8, 4) is 23.2 Å². The fourth-order valence-corrected chi connectivity index (χ4v) is 1.58. The van der Waals surface area contributed by atoms with Gasteiger partial charge in [0.1, 0.15) is 5.69 Å². The van der Waals surface area contributed by atoms with Gasteiger partial charge in [-0.05, 0) is 12.1 Å². The Balaban J connectivity index is 1.88. The predicted octanol–water partition coefficient (Wildman–Crippen LogP) is 1.15. The Morgan fingerprint density at radius 2 is 2.33 bits per heavy atom. The van der Waals surface area contributed by atoms with Crippen LogP contribution in [-0.2, 0) is 6.54 Å². The normalized spacial score (nSPS) is 10.9. The van der Waals surface area contributed by atoms with Gasteiger partial charge in [-0.2, -0.15) is 4.98 Å². The Hall–Kier alpha value is -2.41. The van der Waals surface area contributed by atoms with Crippen LogP contribution < -0.4 is 5.73 Å². The maximum absolute atomic E-state index is 5.46. The van der Waals surface area contributed by atoms with Crippen LogP contribution in [0.25, 0.3) is 23.2 Å². The first-order valence-corrected chi connectivity index (χ1v) is 5.46. The van der Waals surface area contributed by atoms with Crippen LogP contribution in [-0.4, -0.2) is 26.2 Å². The van der Waals surface area contributed by atoms with Crippen LogP contribution in [0, 0.1) is 0 Å². The Bertz CT molecular complexity index is 625. The second-order valence-corrected chi connectivity index (χ2v) is 3.69. The lowest BCUT2D eigenvalue weighted by Gasteiger charge is -1.94. The Labute approximate surface area is 102 Å². The van der Waals surface area contributed by atoms with Crippen molar-refractivity contribution in [2.24, 2.45) is 5.73 Å². The van der Waals surface area contributed by atoms with Gasteiger partial charge in [0.25, 0.3) is 5.89 Å². The first kappa shape index (κ1) is 10.7. The molecule has 7 heteroatoms. The third-order valence-electron chi connectivity index (χ3n) is 2.41. The highest BCUT2D eigenvalue weighted by Crippen LogP contribution is 2.20. The van der Waals surface area contributed by atoms with E-state index in [0.717, 1.165) is 0 Å². The molecule has 0 spiro atoms. The van der Waals surface area contributed by atoms with E-state index >= 15 is 0 Å². The molecule has 0 aliphatic rings. The molecule has 3 aromatic rings. The summed E-state index contributed by atoms with van der Waals surface area (Å²) in [5.41, 5.74) is 6.08. The monoisotopic (exact) mass is 245 g/mol. The molecule has 0 unspecified atom stereocenters. The van der Waals surface area contributed by atoms with E-state index in [1.54, 1.807) is 24.7 Å². The molecular formula is C11H11N5O2. The van der Waals surface area contributed by atoms with Crippen LogP contribution >= 0.6 is 0 Å². The summed E-state index contributed by atoms with van der Waals surface area (Å²) in [5, 5.41) is 3.84. The SMILES string of the molecule is NCCn1cnc(-c2nc(-c3ccco3)no2)c1. The lowest BCUT2D eigenvalue weighted by atomic mass is 10.4. The van der Waals surface area contributed by atoms with E-state index in [2.05, 4.69) is 15.1 Å². The van der Waals surface area contributed by atoms with Crippen molar-refractivity contribution in [1.29, 1.82) is 0 Å². The van der Waals surface area contributed by atoms with Gasteiger partial charge in [0.05, 0.1) is 12.6 Å². The summed E-state index contributed by atoms with van der Waals surface area (Å²) >= 11 is 0. The molecule has 0 atom stereocenters. The average Bonchev–Trinajstić information content (AvgIpc) is 3.10. The van der Waals surface area contributed by atoms with Gasteiger partial charge in [0.2, 0.25) is 5.82 Å². The molecule has 3 aromatic heterocycles. The third-order valence-corrected chi connectivity index (χ3v) is 2.41. The van der Waals surface area contributed by atoms with Gasteiger partial charge >= 0.3 is 0 Å². The first-order valence-electron chi connectivity index (χ1n) is 5.46. The highest BCUT2D eigenvalue weighted by atomic mass is 16.5. The molecule has 92 valence electrons. The Morgan fingerprint density at radius 3 is 3.11 bits per heavy atom. The molecule has 3 heterocycles. The summed E-state index contributed by atoms with van der Waals surface area (Å²) in [7, 11) is 0. The van der Waals surface area contributed by atoms with E-state index in [1.807, 2.05) is 10.8 Å². The van der Waals surface area contributed by atoms with Crippen molar-refractivity contribution < 1.29 is 8.94 Å². The molecule has 7 nitrogen and oxygen atoms in total. The molecule has 0 amide bonds. The molecule has 0 fully saturated rings. The van der Waals surface area contributed by atoms with E-state index in [1.165, 1.54) is 0 Å². The molecule has 0 aliphatic carbocycles. The van der Waals surface area contributed by atoms with Gasteiger partial charge in [0.15, 0.2) is 5.76 Å². The summed E-state index contributed by atoms with van der Waals surface area (Å²) in [6.45, 7) is 1.25. The highest BCUT2D eigenvalue weighted by molar-refractivity contribution is 5.52. The first-order chi connectivity index (χ1) is 8.86. The van der Waals surface area contributed by atoms with Crippen molar-refractivity contribution in [3.63, 3.8) is 0 Å². The van der Waals surface area contributed by atoms with Crippen LogP contribution in [0.5, 0.6) is 0 Å². The number of nitrogens with two attached hydrogens (primary N) is 1. The topological polar surface area (TPSA) is 95.9 Å². The summed E-state index contributed by atoms with van der Waals surface area (Å²) in [4.78, 5) is 8.40. The zero-order valence-electron chi connectivity index (χ0n) is 9.48. The molecule has 0 saturated carbocycles. The van der Waals surface area contributed by atoms with Crippen LogP contribution in [0.1, 0.15) is 0 Å². The van der Waals surface area contributed by atoms with Gasteiger partial charge in [0, 0.05) is 19.3 Å². The number of imidazole rings is 1. The minimum Gasteiger partial charge on any atom is -0.461 e. The number of nitrogens with zero attached hydrogens (tertiary/aromatic N) is 4. The van der Waals surface area contributed by atoms with Crippen molar-refractivity contribution in [1.82, 2.24) is 19.7 Å². The standard InChI is InChI=1S/C11H11N5O2/c12-3-4-16-6-8(13-7-16)11-14-10(15-18-11)9-2-1-5-17-9/h1-2,5-7H,3-4,12H2. The zero-order valence-corrected chi connectivity index (χ0v) is 9.48. The summed E-state index contributed by atoms with van der Waals surface area (Å²) in [5.74, 6) is 1.33. The van der Waals surface area contributed by atoms with Crippen molar-refractivity contribution in [3.05, 3.63) is 30.9 Å². The Kier molecular flexibility index (Phi) is 2.66. The minimum absolute atomic E-state index is 0.358. The summed E-state index contributed by atoms with van der Waals surface area (Å²) in [6.07, 6.45) is 5.05. The molecule has 0 aliphatic heterocycles. The van der Waals surface area contributed by atoms with Gasteiger partial charge < -0.3 is 19.2 Å². The molecule has 0 saturated heterocycles. The van der Waals surface area contributed by atoms with Crippen LogP contribution in [0.3, 0.4) is 0 Å². The minimum atomic E-state index is 0.358. The van der Waals surface area contributed by atoms with E-state index in [9.17, 15) is 0 Å². The van der Waals surface area contributed by atoms with E-state index in [0.29, 0.717) is 36.3 Å². The fourth-order valence-electron chi connectivity index (χ4n) is 1.58. The largest absolute Gasteiger partial charge is 0.461 e. The fraction of sp³-hybridized carbons (Fsp3) is 0.182. The molecule has 18 heavy (non-hydrogen) atoms. The lowest BCUT2D eigenvalue weighted by Crippen LogP contribution is -2.07. The average molecular weight is 245 g/mol. The number of aromatic nitrogens is 4. The van der Waals surface area contributed by atoms with Crippen molar-refractivity contribution >= 4 is 0 Å². The summed E-state index contributed by atoms with van der Waals surface area (Å²) < 4.78 is 12.2. The second-order valence-electron chi connectivity index (χ2n) is 3.69. The van der Waals surface area contributed by atoms with Crippen LogP contribution in [0.15, 0.2) is 39.9 Å². The number of rotatable bonds is 4. The van der Waals surface area contributed by atoms with Crippen LogP contribution in [0.4, 0.5) is 0 Å². The quantitative estimate of drug-likeness (QED) is 0.740. The van der Waals surface area contributed by atoms with Crippen LogP contribution in [0.2, 0.25) is 0 Å². The van der Waals surface area contributed by atoms with E-state index < -0.39 is 0 Å². The van der Waals surface area contributed by atoms with E-state index in [4.69, 9.17) is 14.7 Å². The van der Waals surface area contributed by atoms with E-state index in [-0.39, 0.29) is 0 Å². The maximum atomic E-state index is 5.46. The number of hydrogen-bond donors (Lipinski definition) is 1. The van der Waals surface area contributed by atoms with Crippen molar-refractivity contribution in [2.75, 3.05) is 6.54 Å². The maximum Gasteiger partial charge on any atom is 0.278 e. The smallest absolute Gasteiger partial charge is 0.278 e. The molecule has 3 rings (SSSR count). The van der Waals surface area contributed by atoms with Crippen molar-refractivity contribution in [2.45, 2.75) is 6.54 Å². The Morgan fingerprint density at radius 1 is 1.39 bits per heavy atom. The predicted molar refractivity (Wildman–Crippen MR) is 62.3 cm³/mol. The number of hydrogen-bond acceptors (Lipinski definition) is 6. The second kappa shape index (κ2) is 4.46. The van der Waals surface area contributed by atoms with Gasteiger partial charge in [-0.15, -0.1) is 0 Å². The molecular weight excluding hydrogens is 234 g/mol. The van der Waals surface area contributed by atoms with Gasteiger partial charge in [-0.1, -0.05) is 5.16 Å². The van der Waals surface area contributed by atoms with Gasteiger partial charge in [-0.25, -0.2) is 4.98 Å². The third kappa shape index (κ3) is 1.91. The molecule has 0 bridgehead atoms. The summed E-state index contributed by atoms with van der Waals surface area (Å²) in [6, 6.07) is 3.53. The van der Waals surface area contributed by atoms with Gasteiger partial charge in [-0.3, -0.25) is 0 Å². The molecule has 0 aromatic carbocycles. The number of furan rings is 1. The highest BCUT2D eigenvalue weighted by Gasteiger charge is 2.14. The lowest BCUT2D eigenvalue weighted by molar-refractivity contribution is 0.428.